The maximum absolute atomic E-state index is 10.8. The van der Waals surface area contributed by atoms with Crippen LogP contribution in [-0.4, -0.2) is 29.1 Å². The summed E-state index contributed by atoms with van der Waals surface area (Å²) in [6, 6.07) is 4.96. The van der Waals surface area contributed by atoms with Crippen molar-refractivity contribution >= 4 is 17.6 Å². The third-order valence-electron chi connectivity index (χ3n) is 3.45. The van der Waals surface area contributed by atoms with Crippen LogP contribution in [0.2, 0.25) is 5.02 Å². The fraction of sp³-hybridized carbons (Fsp3) is 0.500. The average Bonchev–Trinajstić information content (AvgIpc) is 2.61. The predicted octanol–water partition coefficient (Wildman–Crippen LogP) is 3.27. The predicted molar refractivity (Wildman–Crippen MR) is 72.1 cm³/mol. The van der Waals surface area contributed by atoms with Gasteiger partial charge < -0.3 is 5.11 Å². The minimum absolute atomic E-state index is 0.241. The normalized spacial score (nSPS) is 19.1. The molecule has 1 aromatic carbocycles. The van der Waals surface area contributed by atoms with Crippen molar-refractivity contribution in [2.75, 3.05) is 13.1 Å². The molecule has 3 nitrogen and oxygen atoms in total. The molecule has 98 valence electrons. The van der Waals surface area contributed by atoms with Crippen molar-refractivity contribution in [3.63, 3.8) is 0 Å². The zero-order chi connectivity index (χ0) is 13.3. The Labute approximate surface area is 112 Å². The Morgan fingerprint density at radius 2 is 2.22 bits per heavy atom. The lowest BCUT2D eigenvalue weighted by Crippen LogP contribution is -2.23. The summed E-state index contributed by atoms with van der Waals surface area (Å²) in [5.41, 5.74) is 1.61. The number of hydrogen-bond donors (Lipinski definition) is 1. The average molecular weight is 268 g/mol. The number of nitrogens with zero attached hydrogens (tertiary/aromatic N) is 1. The monoisotopic (exact) mass is 267 g/mol. The fourth-order valence-electron chi connectivity index (χ4n) is 2.41. The fourth-order valence-corrected chi connectivity index (χ4v) is 2.65. The highest BCUT2D eigenvalue weighted by Crippen LogP contribution is 2.30. The van der Waals surface area contributed by atoms with Crippen molar-refractivity contribution in [3.8, 4) is 0 Å². The second kappa shape index (κ2) is 4.90. The molecule has 4 heteroatoms. The van der Waals surface area contributed by atoms with Crippen LogP contribution in [0.5, 0.6) is 0 Å². The van der Waals surface area contributed by atoms with E-state index in [1.807, 2.05) is 6.07 Å². The maximum atomic E-state index is 10.8. The first-order valence-corrected chi connectivity index (χ1v) is 6.49. The maximum Gasteiger partial charge on any atom is 0.335 e. The molecule has 0 radical (unpaired) electrons. The zero-order valence-corrected chi connectivity index (χ0v) is 11.5. The summed E-state index contributed by atoms with van der Waals surface area (Å²) in [6.45, 7) is 7.46. The SMILES string of the molecule is CC1(C)CCN(Cc2ccc(C(=O)O)cc2Cl)C1. The van der Waals surface area contributed by atoms with Crippen LogP contribution in [-0.2, 0) is 6.54 Å². The Kier molecular flexibility index (Phi) is 3.64. The Balaban J connectivity index is 2.09. The number of carbonyl (C=O) groups is 1. The van der Waals surface area contributed by atoms with Gasteiger partial charge in [-0.25, -0.2) is 4.79 Å². The molecule has 0 aromatic heterocycles. The van der Waals surface area contributed by atoms with Crippen LogP contribution in [0.15, 0.2) is 18.2 Å². The lowest BCUT2D eigenvalue weighted by molar-refractivity contribution is 0.0697. The largest absolute Gasteiger partial charge is 0.478 e. The quantitative estimate of drug-likeness (QED) is 0.914. The third kappa shape index (κ3) is 3.03. The number of carboxylic acids is 1. The third-order valence-corrected chi connectivity index (χ3v) is 3.80. The van der Waals surface area contributed by atoms with Crippen LogP contribution in [0.25, 0.3) is 0 Å². The molecule has 0 spiro atoms. The number of aromatic carboxylic acids is 1. The molecule has 0 amide bonds. The first kappa shape index (κ1) is 13.4. The number of likely N-dealkylation sites (tertiary alicyclic amines) is 1. The molecule has 1 aliphatic rings. The summed E-state index contributed by atoms with van der Waals surface area (Å²) in [5.74, 6) is -0.939. The number of hydrogen-bond acceptors (Lipinski definition) is 2. The molecule has 1 aromatic rings. The van der Waals surface area contributed by atoms with Crippen LogP contribution >= 0.6 is 11.6 Å². The summed E-state index contributed by atoms with van der Waals surface area (Å²) in [5, 5.41) is 9.43. The molecule has 0 bridgehead atoms. The van der Waals surface area contributed by atoms with Gasteiger partial charge in [0.25, 0.3) is 0 Å². The van der Waals surface area contributed by atoms with Crippen molar-refractivity contribution in [2.24, 2.45) is 5.41 Å². The number of carboxylic acid groups (broad SMARTS) is 1. The molecule has 1 fully saturated rings. The highest BCUT2D eigenvalue weighted by molar-refractivity contribution is 6.31. The van der Waals surface area contributed by atoms with Crippen LogP contribution < -0.4 is 0 Å². The lowest BCUT2D eigenvalue weighted by Gasteiger charge is -2.20. The van der Waals surface area contributed by atoms with Crippen LogP contribution in [0.3, 0.4) is 0 Å². The van der Waals surface area contributed by atoms with Gasteiger partial charge in [-0.05, 0) is 36.1 Å². The van der Waals surface area contributed by atoms with E-state index in [0.29, 0.717) is 10.4 Å². The van der Waals surface area contributed by atoms with Gasteiger partial charge in [-0.15, -0.1) is 0 Å². The topological polar surface area (TPSA) is 40.5 Å². The number of rotatable bonds is 3. The molecular formula is C14H18ClNO2. The molecule has 0 unspecified atom stereocenters. The Bertz CT molecular complexity index is 471. The zero-order valence-electron chi connectivity index (χ0n) is 10.7. The van der Waals surface area contributed by atoms with E-state index in [2.05, 4.69) is 18.7 Å². The summed E-state index contributed by atoms with van der Waals surface area (Å²) >= 11 is 6.13. The first-order chi connectivity index (χ1) is 8.37. The minimum atomic E-state index is -0.939. The minimum Gasteiger partial charge on any atom is -0.478 e. The number of benzene rings is 1. The molecule has 1 heterocycles. The van der Waals surface area contributed by atoms with E-state index in [9.17, 15) is 4.79 Å². The Morgan fingerprint density at radius 3 is 2.72 bits per heavy atom. The summed E-state index contributed by atoms with van der Waals surface area (Å²) in [4.78, 5) is 13.2. The number of halogens is 1. The van der Waals surface area contributed by atoms with Crippen LogP contribution in [0.4, 0.5) is 0 Å². The second-order valence-corrected chi connectivity index (χ2v) is 6.14. The summed E-state index contributed by atoms with van der Waals surface area (Å²) in [6.07, 6.45) is 1.19. The van der Waals surface area contributed by atoms with Gasteiger partial charge in [0.15, 0.2) is 0 Å². The Morgan fingerprint density at radius 1 is 1.50 bits per heavy atom. The van der Waals surface area contributed by atoms with Gasteiger partial charge in [0.05, 0.1) is 5.56 Å². The molecule has 1 N–H and O–H groups in total. The molecule has 0 saturated carbocycles. The van der Waals surface area contributed by atoms with E-state index >= 15 is 0 Å². The van der Waals surface area contributed by atoms with Crippen molar-refractivity contribution in [1.29, 1.82) is 0 Å². The smallest absolute Gasteiger partial charge is 0.335 e. The van der Waals surface area contributed by atoms with E-state index in [1.165, 1.54) is 12.5 Å². The molecule has 1 aliphatic heterocycles. The van der Waals surface area contributed by atoms with Crippen molar-refractivity contribution < 1.29 is 9.90 Å². The van der Waals surface area contributed by atoms with Crippen molar-refractivity contribution in [1.82, 2.24) is 4.90 Å². The summed E-state index contributed by atoms with van der Waals surface area (Å²) < 4.78 is 0. The highest BCUT2D eigenvalue weighted by Gasteiger charge is 2.29. The Hall–Kier alpha value is -1.06. The molecule has 0 aliphatic carbocycles. The molecule has 18 heavy (non-hydrogen) atoms. The van der Waals surface area contributed by atoms with E-state index in [-0.39, 0.29) is 5.56 Å². The van der Waals surface area contributed by atoms with Gasteiger partial charge in [0.2, 0.25) is 0 Å². The first-order valence-electron chi connectivity index (χ1n) is 6.11. The summed E-state index contributed by atoms with van der Waals surface area (Å²) in [7, 11) is 0. The van der Waals surface area contributed by atoms with Gasteiger partial charge in [0.1, 0.15) is 0 Å². The second-order valence-electron chi connectivity index (χ2n) is 5.74. The van der Waals surface area contributed by atoms with Gasteiger partial charge in [-0.3, -0.25) is 4.90 Å². The van der Waals surface area contributed by atoms with Crippen molar-refractivity contribution in [3.05, 3.63) is 34.3 Å². The molecule has 2 rings (SSSR count). The van der Waals surface area contributed by atoms with E-state index in [4.69, 9.17) is 16.7 Å². The van der Waals surface area contributed by atoms with Crippen LogP contribution in [0, 0.1) is 5.41 Å². The van der Waals surface area contributed by atoms with Gasteiger partial charge in [-0.2, -0.15) is 0 Å². The lowest BCUT2D eigenvalue weighted by atomic mass is 9.93. The highest BCUT2D eigenvalue weighted by atomic mass is 35.5. The van der Waals surface area contributed by atoms with Gasteiger partial charge in [0, 0.05) is 18.1 Å². The van der Waals surface area contributed by atoms with E-state index in [0.717, 1.165) is 25.2 Å². The van der Waals surface area contributed by atoms with Gasteiger partial charge >= 0.3 is 5.97 Å². The standard InChI is InChI=1S/C14H18ClNO2/c1-14(2)5-6-16(9-14)8-11-4-3-10(13(17)18)7-12(11)15/h3-4,7H,5-6,8-9H2,1-2H3,(H,17,18). The van der Waals surface area contributed by atoms with Crippen LogP contribution in [0.1, 0.15) is 36.2 Å². The molecule has 1 saturated heterocycles. The van der Waals surface area contributed by atoms with Gasteiger partial charge in [-0.1, -0.05) is 31.5 Å². The van der Waals surface area contributed by atoms with E-state index < -0.39 is 5.97 Å². The van der Waals surface area contributed by atoms with E-state index in [1.54, 1.807) is 6.07 Å². The molecule has 0 atom stereocenters. The molecular weight excluding hydrogens is 250 g/mol. The van der Waals surface area contributed by atoms with Crippen molar-refractivity contribution in [2.45, 2.75) is 26.8 Å².